The molecule has 1 amide bonds. The van der Waals surface area contributed by atoms with Gasteiger partial charge in [0.25, 0.3) is 0 Å². The predicted octanol–water partition coefficient (Wildman–Crippen LogP) is 3.88. The van der Waals surface area contributed by atoms with Crippen LogP contribution < -0.4 is 10.1 Å². The molecule has 0 fully saturated rings. The van der Waals surface area contributed by atoms with Gasteiger partial charge in [-0.25, -0.2) is 0 Å². The Morgan fingerprint density at radius 1 is 1.37 bits per heavy atom. The predicted molar refractivity (Wildman–Crippen MR) is 81.3 cm³/mol. The molecule has 0 saturated heterocycles. The third kappa shape index (κ3) is 4.61. The van der Waals surface area contributed by atoms with Crippen molar-refractivity contribution in [1.29, 1.82) is 0 Å². The SMILES string of the molecule is COc1cccc(NC(=O)CCSc2cccs2)c1. The van der Waals surface area contributed by atoms with Crippen LogP contribution in [-0.2, 0) is 4.79 Å². The molecule has 1 N–H and O–H groups in total. The number of amides is 1. The number of anilines is 1. The maximum absolute atomic E-state index is 11.8. The van der Waals surface area contributed by atoms with Gasteiger partial charge in [-0.05, 0) is 23.6 Å². The zero-order valence-electron chi connectivity index (χ0n) is 10.6. The molecule has 0 unspecified atom stereocenters. The van der Waals surface area contributed by atoms with Crippen molar-refractivity contribution in [3.05, 3.63) is 41.8 Å². The summed E-state index contributed by atoms with van der Waals surface area (Å²) in [5.41, 5.74) is 0.769. The van der Waals surface area contributed by atoms with Crippen molar-refractivity contribution in [3.63, 3.8) is 0 Å². The fraction of sp³-hybridized carbons (Fsp3) is 0.214. The van der Waals surface area contributed by atoms with Crippen LogP contribution in [0.15, 0.2) is 46.0 Å². The van der Waals surface area contributed by atoms with E-state index in [0.29, 0.717) is 6.42 Å². The van der Waals surface area contributed by atoms with Crippen molar-refractivity contribution in [2.45, 2.75) is 10.6 Å². The lowest BCUT2D eigenvalue weighted by atomic mass is 10.3. The molecule has 0 saturated carbocycles. The molecular formula is C14H15NO2S2. The maximum Gasteiger partial charge on any atom is 0.225 e. The molecule has 0 aliphatic heterocycles. The van der Waals surface area contributed by atoms with Crippen molar-refractivity contribution in [2.75, 3.05) is 18.2 Å². The summed E-state index contributed by atoms with van der Waals surface area (Å²) in [6.07, 6.45) is 0.500. The molecule has 100 valence electrons. The number of rotatable bonds is 6. The molecule has 0 atom stereocenters. The van der Waals surface area contributed by atoms with E-state index in [4.69, 9.17) is 4.74 Å². The summed E-state index contributed by atoms with van der Waals surface area (Å²) in [5.74, 6) is 1.55. The van der Waals surface area contributed by atoms with E-state index in [9.17, 15) is 4.79 Å². The average molecular weight is 293 g/mol. The zero-order chi connectivity index (χ0) is 13.5. The molecule has 2 aromatic rings. The van der Waals surface area contributed by atoms with Gasteiger partial charge in [-0.15, -0.1) is 23.1 Å². The number of hydrogen-bond acceptors (Lipinski definition) is 4. The van der Waals surface area contributed by atoms with Gasteiger partial charge in [-0.1, -0.05) is 12.1 Å². The van der Waals surface area contributed by atoms with Gasteiger partial charge >= 0.3 is 0 Å². The number of methoxy groups -OCH3 is 1. The second-order valence-corrected chi connectivity index (χ2v) is 6.15. The van der Waals surface area contributed by atoms with Crippen molar-refractivity contribution in [2.24, 2.45) is 0 Å². The lowest BCUT2D eigenvalue weighted by molar-refractivity contribution is -0.115. The van der Waals surface area contributed by atoms with Gasteiger partial charge in [0.2, 0.25) is 5.91 Å². The van der Waals surface area contributed by atoms with Crippen LogP contribution in [0.25, 0.3) is 0 Å². The highest BCUT2D eigenvalue weighted by Crippen LogP contribution is 2.24. The van der Waals surface area contributed by atoms with Crippen LogP contribution in [0, 0.1) is 0 Å². The number of carbonyl (C=O) groups is 1. The van der Waals surface area contributed by atoms with Crippen molar-refractivity contribution >= 4 is 34.7 Å². The van der Waals surface area contributed by atoms with E-state index < -0.39 is 0 Å². The van der Waals surface area contributed by atoms with Crippen LogP contribution >= 0.6 is 23.1 Å². The first kappa shape index (κ1) is 14.0. The number of benzene rings is 1. The maximum atomic E-state index is 11.8. The number of thiophene rings is 1. The Balaban J connectivity index is 1.77. The number of hydrogen-bond donors (Lipinski definition) is 1. The van der Waals surface area contributed by atoms with E-state index in [2.05, 4.69) is 11.4 Å². The van der Waals surface area contributed by atoms with Crippen LogP contribution in [0.4, 0.5) is 5.69 Å². The highest BCUT2D eigenvalue weighted by Gasteiger charge is 2.04. The summed E-state index contributed by atoms with van der Waals surface area (Å²) in [5, 5.41) is 4.91. The van der Waals surface area contributed by atoms with Gasteiger partial charge in [0.05, 0.1) is 11.3 Å². The van der Waals surface area contributed by atoms with Crippen molar-refractivity contribution in [1.82, 2.24) is 0 Å². The molecule has 1 heterocycles. The van der Waals surface area contributed by atoms with Gasteiger partial charge in [0.15, 0.2) is 0 Å². The van der Waals surface area contributed by atoms with E-state index in [1.807, 2.05) is 35.7 Å². The fourth-order valence-electron chi connectivity index (χ4n) is 1.51. The fourth-order valence-corrected chi connectivity index (χ4v) is 3.31. The van der Waals surface area contributed by atoms with Crippen LogP contribution in [-0.4, -0.2) is 18.8 Å². The number of nitrogens with one attached hydrogen (secondary N) is 1. The summed E-state index contributed by atoms with van der Waals surface area (Å²) in [4.78, 5) is 11.8. The lowest BCUT2D eigenvalue weighted by Crippen LogP contribution is -2.12. The topological polar surface area (TPSA) is 38.3 Å². The Kier molecular flexibility index (Phi) is 5.30. The van der Waals surface area contributed by atoms with Crippen LogP contribution in [0.2, 0.25) is 0 Å². The monoisotopic (exact) mass is 293 g/mol. The first-order chi connectivity index (χ1) is 9.28. The third-order valence-corrected chi connectivity index (χ3v) is 4.55. The number of carbonyl (C=O) groups excluding carboxylic acids is 1. The summed E-state index contributed by atoms with van der Waals surface area (Å²) in [6, 6.07) is 11.5. The number of ether oxygens (including phenoxy) is 1. The second-order valence-electron chi connectivity index (χ2n) is 3.81. The minimum Gasteiger partial charge on any atom is -0.497 e. The largest absolute Gasteiger partial charge is 0.497 e. The second kappa shape index (κ2) is 7.21. The van der Waals surface area contributed by atoms with Gasteiger partial charge in [-0.3, -0.25) is 4.79 Å². The molecule has 1 aromatic heterocycles. The summed E-state index contributed by atoms with van der Waals surface area (Å²) in [7, 11) is 1.61. The standard InChI is InChI=1S/C14H15NO2S2/c1-17-12-5-2-4-11(10-12)15-13(16)7-9-19-14-6-3-8-18-14/h2-6,8,10H,7,9H2,1H3,(H,15,16). The first-order valence-electron chi connectivity index (χ1n) is 5.88. The molecule has 19 heavy (non-hydrogen) atoms. The van der Waals surface area contributed by atoms with Gasteiger partial charge in [0, 0.05) is 23.9 Å². The molecule has 2 rings (SSSR count). The van der Waals surface area contributed by atoms with Crippen molar-refractivity contribution in [3.8, 4) is 5.75 Å². The van der Waals surface area contributed by atoms with E-state index >= 15 is 0 Å². The Labute approximate surface area is 121 Å². The molecule has 3 nitrogen and oxygen atoms in total. The zero-order valence-corrected chi connectivity index (χ0v) is 12.2. The van der Waals surface area contributed by atoms with Gasteiger partial charge in [-0.2, -0.15) is 0 Å². The van der Waals surface area contributed by atoms with Gasteiger partial charge < -0.3 is 10.1 Å². The molecule has 0 aliphatic rings. The molecule has 5 heteroatoms. The Bertz CT molecular complexity index is 526. The van der Waals surface area contributed by atoms with Gasteiger partial charge in [0.1, 0.15) is 5.75 Å². The van der Waals surface area contributed by atoms with Crippen LogP contribution in [0.1, 0.15) is 6.42 Å². The summed E-state index contributed by atoms with van der Waals surface area (Å²) >= 11 is 3.40. The molecule has 0 spiro atoms. The number of thioether (sulfide) groups is 1. The molecule has 0 radical (unpaired) electrons. The lowest BCUT2D eigenvalue weighted by Gasteiger charge is -2.06. The smallest absolute Gasteiger partial charge is 0.225 e. The Morgan fingerprint density at radius 3 is 3.00 bits per heavy atom. The molecule has 1 aromatic carbocycles. The molecule has 0 bridgehead atoms. The Hall–Kier alpha value is -1.46. The minimum absolute atomic E-state index is 0.0253. The van der Waals surface area contributed by atoms with E-state index in [1.165, 1.54) is 4.21 Å². The highest BCUT2D eigenvalue weighted by molar-refractivity contribution is 8.01. The van der Waals surface area contributed by atoms with Crippen LogP contribution in [0.5, 0.6) is 5.75 Å². The third-order valence-electron chi connectivity index (χ3n) is 2.42. The summed E-state index contributed by atoms with van der Waals surface area (Å²) < 4.78 is 6.36. The normalized spacial score (nSPS) is 10.2. The Morgan fingerprint density at radius 2 is 2.26 bits per heavy atom. The quantitative estimate of drug-likeness (QED) is 0.821. The van der Waals surface area contributed by atoms with E-state index in [0.717, 1.165) is 17.2 Å². The average Bonchev–Trinajstić information content (AvgIpc) is 2.92. The van der Waals surface area contributed by atoms with Crippen molar-refractivity contribution < 1.29 is 9.53 Å². The van der Waals surface area contributed by atoms with Crippen LogP contribution in [0.3, 0.4) is 0 Å². The summed E-state index contributed by atoms with van der Waals surface area (Å²) in [6.45, 7) is 0. The minimum atomic E-state index is 0.0253. The molecular weight excluding hydrogens is 278 g/mol. The van der Waals surface area contributed by atoms with E-state index in [1.54, 1.807) is 30.2 Å². The first-order valence-corrected chi connectivity index (χ1v) is 7.74. The van der Waals surface area contributed by atoms with E-state index in [-0.39, 0.29) is 5.91 Å². The highest BCUT2D eigenvalue weighted by atomic mass is 32.2. The molecule has 0 aliphatic carbocycles.